The van der Waals surface area contributed by atoms with Gasteiger partial charge in [0.1, 0.15) is 11.6 Å². The van der Waals surface area contributed by atoms with Crippen molar-refractivity contribution in [2.24, 2.45) is 0 Å². The summed E-state index contributed by atoms with van der Waals surface area (Å²) in [5.41, 5.74) is 1.92. The van der Waals surface area contributed by atoms with Crippen LogP contribution in [0.4, 0.5) is 5.82 Å². The Morgan fingerprint density at radius 2 is 1.97 bits per heavy atom. The summed E-state index contributed by atoms with van der Waals surface area (Å²) in [5, 5.41) is 3.49. The molecule has 3 aromatic rings. The van der Waals surface area contributed by atoms with E-state index in [4.69, 9.17) is 28.3 Å². The molecule has 1 N–H and O–H groups in total. The van der Waals surface area contributed by atoms with E-state index in [1.54, 1.807) is 27.4 Å². The predicted molar refractivity (Wildman–Crippen MR) is 149 cm³/mol. The number of anilines is 1. The maximum Gasteiger partial charge on any atom is 0.287 e. The van der Waals surface area contributed by atoms with Gasteiger partial charge in [-0.2, -0.15) is 0 Å². The van der Waals surface area contributed by atoms with Crippen molar-refractivity contribution in [3.63, 3.8) is 0 Å². The normalized spacial score (nSPS) is 14.8. The van der Waals surface area contributed by atoms with Crippen LogP contribution in [0.15, 0.2) is 46.0 Å². The molecule has 10 nitrogen and oxygen atoms in total. The van der Waals surface area contributed by atoms with Gasteiger partial charge in [0, 0.05) is 39.9 Å². The standard InChI is InChI=1S/C28H36N4O6S/c1-32(12-11-19-7-9-23(35-3)25(14-19)36-4)26-15-20(17-34-2)30-28(31-26)39-18-22-8-10-24(38-22)27(33)29-16-21-6-5-13-37-21/h7-10,14-15,21H,5-6,11-13,16-18H2,1-4H3,(H,29,33). The van der Waals surface area contributed by atoms with E-state index >= 15 is 0 Å². The van der Waals surface area contributed by atoms with Crippen LogP contribution in [-0.2, 0) is 28.3 Å². The van der Waals surface area contributed by atoms with Gasteiger partial charge in [-0.1, -0.05) is 17.8 Å². The number of aromatic nitrogens is 2. The molecule has 1 unspecified atom stereocenters. The molecular weight excluding hydrogens is 520 g/mol. The average molecular weight is 557 g/mol. The Morgan fingerprint density at radius 1 is 1.13 bits per heavy atom. The number of amides is 1. The molecular formula is C28H36N4O6S. The smallest absolute Gasteiger partial charge is 0.287 e. The number of nitrogens with zero attached hydrogens (tertiary/aromatic N) is 3. The molecule has 2 aromatic heterocycles. The van der Waals surface area contributed by atoms with Crippen LogP contribution in [-0.4, -0.2) is 70.1 Å². The highest BCUT2D eigenvalue weighted by atomic mass is 32.2. The lowest BCUT2D eigenvalue weighted by Crippen LogP contribution is -2.31. The Bertz CT molecular complexity index is 1230. The first kappa shape index (κ1) is 28.7. The minimum absolute atomic E-state index is 0.0850. The summed E-state index contributed by atoms with van der Waals surface area (Å²) in [7, 11) is 6.91. The molecule has 210 valence electrons. The Balaban J connectivity index is 1.36. The van der Waals surface area contributed by atoms with Crippen LogP contribution >= 0.6 is 11.8 Å². The Labute approximate surface area is 233 Å². The van der Waals surface area contributed by atoms with Gasteiger partial charge in [-0.25, -0.2) is 9.97 Å². The van der Waals surface area contributed by atoms with E-state index in [0.717, 1.165) is 49.5 Å². The van der Waals surface area contributed by atoms with Crippen LogP contribution in [0.3, 0.4) is 0 Å². The summed E-state index contributed by atoms with van der Waals surface area (Å²) in [4.78, 5) is 23.9. The molecule has 1 aliphatic heterocycles. The van der Waals surface area contributed by atoms with Crippen molar-refractivity contribution in [1.82, 2.24) is 15.3 Å². The van der Waals surface area contributed by atoms with Crippen LogP contribution in [0.2, 0.25) is 0 Å². The monoisotopic (exact) mass is 556 g/mol. The number of rotatable bonds is 14. The van der Waals surface area contributed by atoms with Crippen molar-refractivity contribution < 1.29 is 28.2 Å². The zero-order valence-electron chi connectivity index (χ0n) is 22.9. The first-order valence-electron chi connectivity index (χ1n) is 12.9. The van der Waals surface area contributed by atoms with E-state index in [1.165, 1.54) is 11.8 Å². The van der Waals surface area contributed by atoms with Gasteiger partial charge in [0.05, 0.1) is 38.4 Å². The minimum atomic E-state index is -0.238. The molecule has 1 aromatic carbocycles. The lowest BCUT2D eigenvalue weighted by atomic mass is 10.1. The number of likely N-dealkylation sites (N-methyl/N-ethyl adjacent to an activating group) is 1. The SMILES string of the molecule is COCc1cc(N(C)CCc2ccc(OC)c(OC)c2)nc(SCc2ccc(C(=O)NCC3CCCO3)o2)n1. The van der Waals surface area contributed by atoms with Crippen LogP contribution in [0.1, 0.15) is 40.4 Å². The van der Waals surface area contributed by atoms with Crippen molar-refractivity contribution in [2.75, 3.05) is 53.0 Å². The van der Waals surface area contributed by atoms with E-state index < -0.39 is 0 Å². The van der Waals surface area contributed by atoms with Gasteiger partial charge in [0.25, 0.3) is 5.91 Å². The average Bonchev–Trinajstić information content (AvgIpc) is 3.66. The van der Waals surface area contributed by atoms with Crippen molar-refractivity contribution in [3.8, 4) is 11.5 Å². The maximum atomic E-state index is 12.4. The quantitative estimate of drug-likeness (QED) is 0.230. The number of carbonyl (C=O) groups is 1. The molecule has 0 spiro atoms. The zero-order chi connectivity index (χ0) is 27.6. The topological polar surface area (TPSA) is 108 Å². The van der Waals surface area contributed by atoms with Crippen LogP contribution < -0.4 is 19.7 Å². The Kier molecular flexibility index (Phi) is 10.5. The summed E-state index contributed by atoms with van der Waals surface area (Å²) in [5.74, 6) is 3.43. The van der Waals surface area contributed by atoms with E-state index in [-0.39, 0.29) is 17.8 Å². The molecule has 1 aliphatic rings. The number of methoxy groups -OCH3 is 3. The molecule has 1 saturated heterocycles. The molecule has 39 heavy (non-hydrogen) atoms. The molecule has 3 heterocycles. The molecule has 11 heteroatoms. The fourth-order valence-electron chi connectivity index (χ4n) is 4.20. The van der Waals surface area contributed by atoms with E-state index in [2.05, 4.69) is 15.2 Å². The van der Waals surface area contributed by atoms with Gasteiger partial charge < -0.3 is 33.6 Å². The van der Waals surface area contributed by atoms with Gasteiger partial charge in [-0.3, -0.25) is 4.79 Å². The van der Waals surface area contributed by atoms with Gasteiger partial charge in [-0.15, -0.1) is 0 Å². The summed E-state index contributed by atoms with van der Waals surface area (Å²) >= 11 is 1.45. The summed E-state index contributed by atoms with van der Waals surface area (Å²) in [6.45, 7) is 2.37. The fraction of sp³-hybridized carbons (Fsp3) is 0.464. The molecule has 0 saturated carbocycles. The van der Waals surface area contributed by atoms with E-state index in [0.29, 0.717) is 41.3 Å². The second-order valence-corrected chi connectivity index (χ2v) is 10.1. The molecule has 0 radical (unpaired) electrons. The number of thioether (sulfide) groups is 1. The highest BCUT2D eigenvalue weighted by molar-refractivity contribution is 7.98. The van der Waals surface area contributed by atoms with E-state index in [1.807, 2.05) is 37.4 Å². The van der Waals surface area contributed by atoms with Crippen molar-refractivity contribution in [2.45, 2.75) is 42.9 Å². The van der Waals surface area contributed by atoms with Crippen molar-refractivity contribution in [1.29, 1.82) is 0 Å². The van der Waals surface area contributed by atoms with Crippen molar-refractivity contribution in [3.05, 3.63) is 59.2 Å². The molecule has 0 bridgehead atoms. The van der Waals surface area contributed by atoms with Crippen LogP contribution in [0, 0.1) is 0 Å². The lowest BCUT2D eigenvalue weighted by molar-refractivity contribution is 0.0834. The number of hydrogen-bond donors (Lipinski definition) is 1. The van der Waals surface area contributed by atoms with Crippen molar-refractivity contribution >= 4 is 23.5 Å². The Morgan fingerprint density at radius 3 is 2.72 bits per heavy atom. The number of furan rings is 1. The third kappa shape index (κ3) is 8.11. The molecule has 1 amide bonds. The minimum Gasteiger partial charge on any atom is -0.493 e. The molecule has 1 atom stereocenters. The summed E-state index contributed by atoms with van der Waals surface area (Å²) < 4.78 is 27.4. The predicted octanol–water partition coefficient (Wildman–Crippen LogP) is 4.11. The van der Waals surface area contributed by atoms with Gasteiger partial charge in [0.2, 0.25) is 0 Å². The lowest BCUT2D eigenvalue weighted by Gasteiger charge is -2.20. The van der Waals surface area contributed by atoms with Gasteiger partial charge in [0.15, 0.2) is 22.4 Å². The number of nitrogens with one attached hydrogen (secondary N) is 1. The molecule has 4 rings (SSSR count). The maximum absolute atomic E-state index is 12.4. The molecule has 1 fully saturated rings. The van der Waals surface area contributed by atoms with E-state index in [9.17, 15) is 4.79 Å². The first-order valence-corrected chi connectivity index (χ1v) is 13.9. The second-order valence-electron chi connectivity index (χ2n) is 9.19. The number of benzene rings is 1. The third-order valence-electron chi connectivity index (χ3n) is 6.36. The highest BCUT2D eigenvalue weighted by Gasteiger charge is 2.18. The highest BCUT2D eigenvalue weighted by Crippen LogP contribution is 2.28. The zero-order valence-corrected chi connectivity index (χ0v) is 23.7. The summed E-state index contributed by atoms with van der Waals surface area (Å²) in [6.07, 6.45) is 2.89. The Hall–Kier alpha value is -3.28. The largest absolute Gasteiger partial charge is 0.493 e. The van der Waals surface area contributed by atoms with Gasteiger partial charge >= 0.3 is 0 Å². The fourth-order valence-corrected chi connectivity index (χ4v) is 4.97. The number of ether oxygens (including phenoxy) is 4. The second kappa shape index (κ2) is 14.2. The number of hydrogen-bond acceptors (Lipinski definition) is 10. The first-order chi connectivity index (χ1) is 19.0. The summed E-state index contributed by atoms with van der Waals surface area (Å²) in [6, 6.07) is 11.4. The molecule has 0 aliphatic carbocycles. The number of carbonyl (C=O) groups excluding carboxylic acids is 1. The van der Waals surface area contributed by atoms with Gasteiger partial charge in [-0.05, 0) is 49.1 Å². The third-order valence-corrected chi connectivity index (χ3v) is 7.23. The van der Waals surface area contributed by atoms with Crippen LogP contribution in [0.25, 0.3) is 0 Å². The van der Waals surface area contributed by atoms with Crippen LogP contribution in [0.5, 0.6) is 11.5 Å².